The smallest absolute Gasteiger partial charge is 0.245 e. The Labute approximate surface area is 123 Å². The summed E-state index contributed by atoms with van der Waals surface area (Å²) in [5.74, 6) is 0. The molecule has 106 valence electrons. The van der Waals surface area contributed by atoms with Crippen LogP contribution in [0.3, 0.4) is 0 Å². The summed E-state index contributed by atoms with van der Waals surface area (Å²) in [6.45, 7) is 5.30. The van der Waals surface area contributed by atoms with Gasteiger partial charge in [-0.1, -0.05) is 29.8 Å². The highest BCUT2D eigenvalue weighted by Gasteiger charge is 2.34. The van der Waals surface area contributed by atoms with Crippen LogP contribution in [0, 0.1) is 5.41 Å². The maximum absolute atomic E-state index is 12.7. The molecule has 0 bridgehead atoms. The zero-order valence-electron chi connectivity index (χ0n) is 11.2. The van der Waals surface area contributed by atoms with Gasteiger partial charge < -0.3 is 5.73 Å². The predicted molar refractivity (Wildman–Crippen MR) is 80.3 cm³/mol. The van der Waals surface area contributed by atoms with E-state index in [-0.39, 0.29) is 10.3 Å². The topological polar surface area (TPSA) is 63.4 Å². The fraction of sp³-hybridized carbons (Fsp3) is 0.538. The third kappa shape index (κ3) is 3.12. The summed E-state index contributed by atoms with van der Waals surface area (Å²) in [7, 11) is -3.51. The van der Waals surface area contributed by atoms with Crippen LogP contribution in [-0.2, 0) is 10.0 Å². The van der Waals surface area contributed by atoms with Crippen molar-refractivity contribution in [2.45, 2.75) is 31.6 Å². The molecule has 0 aliphatic carbocycles. The van der Waals surface area contributed by atoms with E-state index in [1.54, 1.807) is 22.5 Å². The van der Waals surface area contributed by atoms with E-state index in [4.69, 9.17) is 5.73 Å². The van der Waals surface area contributed by atoms with Gasteiger partial charge in [-0.05, 0) is 36.5 Å². The van der Waals surface area contributed by atoms with Gasteiger partial charge in [-0.25, -0.2) is 8.42 Å². The number of hydrogen-bond acceptors (Lipinski definition) is 3. The Morgan fingerprint density at radius 3 is 2.68 bits per heavy atom. The van der Waals surface area contributed by atoms with Gasteiger partial charge >= 0.3 is 0 Å². The number of anilines is 1. The van der Waals surface area contributed by atoms with Crippen molar-refractivity contribution in [2.75, 3.05) is 18.8 Å². The van der Waals surface area contributed by atoms with Crippen molar-refractivity contribution >= 4 is 31.6 Å². The molecule has 1 fully saturated rings. The Bertz CT molecular complexity index is 584. The van der Waals surface area contributed by atoms with Crippen LogP contribution in [0.15, 0.2) is 27.6 Å². The third-order valence-corrected chi connectivity index (χ3v) is 5.85. The van der Waals surface area contributed by atoms with Gasteiger partial charge in [0, 0.05) is 17.6 Å². The van der Waals surface area contributed by atoms with Crippen LogP contribution in [0.25, 0.3) is 0 Å². The number of nitrogen functional groups attached to an aromatic ring is 1. The second kappa shape index (κ2) is 5.07. The third-order valence-electron chi connectivity index (χ3n) is 3.46. The number of piperidine rings is 1. The summed E-state index contributed by atoms with van der Waals surface area (Å²) < 4.78 is 27.6. The molecule has 2 N–H and O–H groups in total. The summed E-state index contributed by atoms with van der Waals surface area (Å²) in [5.41, 5.74) is 6.14. The Balaban J connectivity index is 2.39. The molecule has 0 spiro atoms. The average molecular weight is 347 g/mol. The minimum absolute atomic E-state index is 0.0199. The van der Waals surface area contributed by atoms with Gasteiger partial charge in [0.05, 0.1) is 5.69 Å². The molecule has 0 unspecified atom stereocenters. The molecule has 0 atom stereocenters. The lowest BCUT2D eigenvalue weighted by Crippen LogP contribution is -2.43. The molecule has 1 aromatic carbocycles. The van der Waals surface area contributed by atoms with Crippen LogP contribution in [0.5, 0.6) is 0 Å². The number of nitrogens with zero attached hydrogens (tertiary/aromatic N) is 1. The minimum Gasteiger partial charge on any atom is -0.398 e. The zero-order valence-corrected chi connectivity index (χ0v) is 13.6. The predicted octanol–water partition coefficient (Wildman–Crippen LogP) is 2.84. The van der Waals surface area contributed by atoms with E-state index < -0.39 is 10.0 Å². The van der Waals surface area contributed by atoms with Crippen molar-refractivity contribution in [1.29, 1.82) is 0 Å². The van der Waals surface area contributed by atoms with Gasteiger partial charge in [-0.15, -0.1) is 0 Å². The highest BCUT2D eigenvalue weighted by molar-refractivity contribution is 9.10. The standard InChI is InChI=1S/C13H19BrN2O2S/c1-13(2)6-3-7-16(9-13)19(17,18)12-8-10(14)4-5-11(12)15/h4-5,8H,3,6-7,9,15H2,1-2H3. The van der Waals surface area contributed by atoms with E-state index in [9.17, 15) is 8.42 Å². The Morgan fingerprint density at radius 2 is 2.05 bits per heavy atom. The Kier molecular flexibility index (Phi) is 3.95. The molecular weight excluding hydrogens is 328 g/mol. The molecule has 0 radical (unpaired) electrons. The fourth-order valence-electron chi connectivity index (χ4n) is 2.45. The van der Waals surface area contributed by atoms with E-state index in [0.717, 1.165) is 17.3 Å². The van der Waals surface area contributed by atoms with Crippen LogP contribution in [0.1, 0.15) is 26.7 Å². The molecule has 2 rings (SSSR count). The number of rotatable bonds is 2. The number of halogens is 1. The van der Waals surface area contributed by atoms with Crippen molar-refractivity contribution in [3.8, 4) is 0 Å². The zero-order chi connectivity index (χ0) is 14.3. The molecule has 4 nitrogen and oxygen atoms in total. The largest absolute Gasteiger partial charge is 0.398 e. The number of hydrogen-bond donors (Lipinski definition) is 1. The summed E-state index contributed by atoms with van der Waals surface area (Å²) >= 11 is 3.30. The highest BCUT2D eigenvalue weighted by Crippen LogP contribution is 2.33. The van der Waals surface area contributed by atoms with Gasteiger partial charge in [-0.2, -0.15) is 4.31 Å². The van der Waals surface area contributed by atoms with Gasteiger partial charge in [0.25, 0.3) is 0 Å². The first-order valence-corrected chi connectivity index (χ1v) is 8.51. The van der Waals surface area contributed by atoms with Crippen LogP contribution >= 0.6 is 15.9 Å². The van der Waals surface area contributed by atoms with Crippen molar-refractivity contribution < 1.29 is 8.42 Å². The van der Waals surface area contributed by atoms with Crippen molar-refractivity contribution in [2.24, 2.45) is 5.41 Å². The first-order chi connectivity index (χ1) is 8.72. The maximum atomic E-state index is 12.7. The normalized spacial score (nSPS) is 20.4. The van der Waals surface area contributed by atoms with Gasteiger partial charge in [0.2, 0.25) is 10.0 Å². The quantitative estimate of drug-likeness (QED) is 0.837. The summed E-state index contributed by atoms with van der Waals surface area (Å²) in [5, 5.41) is 0. The van der Waals surface area contributed by atoms with Gasteiger partial charge in [0.1, 0.15) is 4.90 Å². The second-order valence-electron chi connectivity index (χ2n) is 5.79. The van der Waals surface area contributed by atoms with Crippen LogP contribution in [0.4, 0.5) is 5.69 Å². The fourth-order valence-corrected chi connectivity index (χ4v) is 4.77. The van der Waals surface area contributed by atoms with Gasteiger partial charge in [0.15, 0.2) is 0 Å². The summed E-state index contributed by atoms with van der Waals surface area (Å²) in [4.78, 5) is 0.194. The number of nitrogens with two attached hydrogens (primary N) is 1. The molecule has 0 amide bonds. The lowest BCUT2D eigenvalue weighted by Gasteiger charge is -2.37. The van der Waals surface area contributed by atoms with Crippen LogP contribution < -0.4 is 5.73 Å². The molecule has 1 aliphatic heterocycles. The Morgan fingerprint density at radius 1 is 1.37 bits per heavy atom. The molecule has 1 saturated heterocycles. The van der Waals surface area contributed by atoms with Crippen LogP contribution in [-0.4, -0.2) is 25.8 Å². The lowest BCUT2D eigenvalue weighted by atomic mass is 9.85. The molecule has 0 saturated carbocycles. The number of benzene rings is 1. The van der Waals surface area contributed by atoms with E-state index in [0.29, 0.717) is 18.8 Å². The molecule has 0 aromatic heterocycles. The molecular formula is C13H19BrN2O2S. The molecule has 6 heteroatoms. The molecule has 1 heterocycles. The summed E-state index contributed by atoms with van der Waals surface area (Å²) in [6.07, 6.45) is 1.94. The van der Waals surface area contributed by atoms with E-state index in [2.05, 4.69) is 29.8 Å². The first kappa shape index (κ1) is 14.8. The molecule has 1 aliphatic rings. The second-order valence-corrected chi connectivity index (χ2v) is 8.61. The van der Waals surface area contributed by atoms with E-state index >= 15 is 0 Å². The maximum Gasteiger partial charge on any atom is 0.245 e. The van der Waals surface area contributed by atoms with Crippen molar-refractivity contribution in [3.63, 3.8) is 0 Å². The Hall–Kier alpha value is -0.590. The molecule has 1 aromatic rings. The highest BCUT2D eigenvalue weighted by atomic mass is 79.9. The van der Waals surface area contributed by atoms with Crippen molar-refractivity contribution in [1.82, 2.24) is 4.31 Å². The van der Waals surface area contributed by atoms with Crippen molar-refractivity contribution in [3.05, 3.63) is 22.7 Å². The monoisotopic (exact) mass is 346 g/mol. The first-order valence-electron chi connectivity index (χ1n) is 6.28. The minimum atomic E-state index is -3.51. The van der Waals surface area contributed by atoms with Gasteiger partial charge in [-0.3, -0.25) is 0 Å². The number of sulfonamides is 1. The lowest BCUT2D eigenvalue weighted by molar-refractivity contribution is 0.187. The van der Waals surface area contributed by atoms with Crippen LogP contribution in [0.2, 0.25) is 0 Å². The molecule has 19 heavy (non-hydrogen) atoms. The average Bonchev–Trinajstić information content (AvgIpc) is 2.31. The summed E-state index contributed by atoms with van der Waals surface area (Å²) in [6, 6.07) is 4.94. The van der Waals surface area contributed by atoms with E-state index in [1.807, 2.05) is 0 Å². The van der Waals surface area contributed by atoms with E-state index in [1.165, 1.54) is 0 Å². The SMILES string of the molecule is CC1(C)CCCN(S(=O)(=O)c2cc(Br)ccc2N)C1.